The monoisotopic (exact) mass is 692 g/mol. The average molecular weight is 693 g/mol. The third kappa shape index (κ3) is 4.08. The molecule has 0 unspecified atom stereocenters. The summed E-state index contributed by atoms with van der Waals surface area (Å²) in [6.07, 6.45) is 0. The Morgan fingerprint density at radius 3 is 1.53 bits per heavy atom. The van der Waals surface area contributed by atoms with Crippen LogP contribution in [0.15, 0.2) is 179 Å². The van der Waals surface area contributed by atoms with Gasteiger partial charge < -0.3 is 8.83 Å². The Kier molecular flexibility index (Phi) is 5.96. The highest BCUT2D eigenvalue weighted by molar-refractivity contribution is 7.24. The molecule has 3 heteroatoms. The van der Waals surface area contributed by atoms with Gasteiger partial charge in [0, 0.05) is 42.1 Å². The summed E-state index contributed by atoms with van der Waals surface area (Å²) in [7, 11) is 0. The quantitative estimate of drug-likeness (QED) is 0.172. The molecular weight excluding hydrogens is 665 g/mol. The van der Waals surface area contributed by atoms with Gasteiger partial charge in [0.1, 0.15) is 22.3 Å². The van der Waals surface area contributed by atoms with Gasteiger partial charge in [0.25, 0.3) is 0 Å². The maximum atomic E-state index is 6.40. The van der Waals surface area contributed by atoms with Gasteiger partial charge in [-0.25, -0.2) is 0 Å². The van der Waals surface area contributed by atoms with Crippen LogP contribution in [0.2, 0.25) is 0 Å². The van der Waals surface area contributed by atoms with E-state index in [2.05, 4.69) is 158 Å². The summed E-state index contributed by atoms with van der Waals surface area (Å²) in [5.41, 5.74) is 9.90. The number of hydrogen-bond acceptors (Lipinski definition) is 3. The number of furan rings is 2. The van der Waals surface area contributed by atoms with Gasteiger partial charge in [-0.15, -0.1) is 11.3 Å². The lowest BCUT2D eigenvalue weighted by Gasteiger charge is -2.19. The lowest BCUT2D eigenvalue weighted by molar-refractivity contribution is 0.669. The number of hydrogen-bond donors (Lipinski definition) is 0. The van der Waals surface area contributed by atoms with Crippen molar-refractivity contribution in [2.45, 2.75) is 0 Å². The zero-order valence-electron chi connectivity index (χ0n) is 28.4. The van der Waals surface area contributed by atoms with Crippen LogP contribution in [0.5, 0.6) is 0 Å². The van der Waals surface area contributed by atoms with Gasteiger partial charge >= 0.3 is 0 Å². The largest absolute Gasteiger partial charge is 0.456 e. The molecule has 0 aliphatic carbocycles. The third-order valence-corrected chi connectivity index (χ3v) is 12.3. The van der Waals surface area contributed by atoms with Crippen molar-refractivity contribution < 1.29 is 8.83 Å². The topological polar surface area (TPSA) is 26.3 Å². The fraction of sp³-hybridized carbons (Fsp3) is 0. The van der Waals surface area contributed by atoms with Gasteiger partial charge in [0.15, 0.2) is 0 Å². The zero-order chi connectivity index (χ0) is 34.6. The first-order valence-electron chi connectivity index (χ1n) is 18.0. The van der Waals surface area contributed by atoms with Crippen molar-refractivity contribution >= 4 is 97.6 Å². The number of fused-ring (bicyclic) bond motifs is 12. The molecule has 0 N–H and O–H groups in total. The molecule has 9 aromatic carbocycles. The first-order chi connectivity index (χ1) is 26.3. The second-order valence-corrected chi connectivity index (χ2v) is 14.9. The molecule has 0 radical (unpaired) electrons. The molecule has 0 aliphatic heterocycles. The predicted molar refractivity (Wildman–Crippen MR) is 225 cm³/mol. The minimum absolute atomic E-state index is 0.920. The van der Waals surface area contributed by atoms with Crippen LogP contribution in [0, 0.1) is 0 Å². The summed E-state index contributed by atoms with van der Waals surface area (Å²) < 4.78 is 13.9. The fourth-order valence-corrected chi connectivity index (χ4v) is 10.2. The molecule has 0 saturated heterocycles. The Morgan fingerprint density at radius 2 is 0.849 bits per heavy atom. The molecule has 0 fully saturated rings. The number of para-hydroxylation sites is 2. The summed E-state index contributed by atoms with van der Waals surface area (Å²) in [4.78, 5) is 1.27. The summed E-state index contributed by atoms with van der Waals surface area (Å²) in [6.45, 7) is 0. The molecule has 0 aliphatic rings. The zero-order valence-corrected chi connectivity index (χ0v) is 29.2. The first kappa shape index (κ1) is 29.0. The van der Waals surface area contributed by atoms with Gasteiger partial charge in [-0.3, -0.25) is 0 Å². The van der Waals surface area contributed by atoms with Crippen molar-refractivity contribution in [2.24, 2.45) is 0 Å². The van der Waals surface area contributed by atoms with E-state index >= 15 is 0 Å². The van der Waals surface area contributed by atoms with Crippen molar-refractivity contribution in [1.29, 1.82) is 0 Å². The maximum absolute atomic E-state index is 6.40. The van der Waals surface area contributed by atoms with Crippen molar-refractivity contribution in [3.8, 4) is 32.7 Å². The molecule has 12 rings (SSSR count). The van der Waals surface area contributed by atoms with Gasteiger partial charge in [-0.05, 0) is 91.0 Å². The molecule has 0 bridgehead atoms. The molecule has 0 atom stereocenters. The highest BCUT2D eigenvalue weighted by Gasteiger charge is 2.25. The predicted octanol–water partition coefficient (Wildman–Crippen LogP) is 15.2. The summed E-state index contributed by atoms with van der Waals surface area (Å²) in [5, 5.41) is 13.3. The highest BCUT2D eigenvalue weighted by Crippen LogP contribution is 2.53. The summed E-state index contributed by atoms with van der Waals surface area (Å²) in [5.74, 6) is 0. The molecule has 2 nitrogen and oxygen atoms in total. The van der Waals surface area contributed by atoms with Crippen molar-refractivity contribution in [2.75, 3.05) is 0 Å². The normalized spacial score (nSPS) is 12.2. The Bertz CT molecular complexity index is 3390. The number of rotatable bonds is 3. The standard InChI is InChI=1S/C50H28O2S/c1-2-12-29(13-3-1)49-48(39-25-27-43-47(50(39)53-49)38-19-9-11-21-41(38)52-43)46-35-16-6-4-14-33(35)44(34-15-5-7-17-36(34)46)31-22-24-32-30(28-31)23-26-42-45(32)37-18-8-10-20-40(37)51-42/h1-28H. The van der Waals surface area contributed by atoms with Gasteiger partial charge in [0.2, 0.25) is 0 Å². The maximum Gasteiger partial charge on any atom is 0.136 e. The van der Waals surface area contributed by atoms with Gasteiger partial charge in [0.05, 0.1) is 0 Å². The SMILES string of the molecule is c1ccc(-c2sc3c(ccc4oc5ccccc5c43)c2-c2c3ccccc3c(-c3ccc4c(ccc5oc6ccccc6c54)c3)c3ccccc23)cc1. The molecule has 3 heterocycles. The molecule has 246 valence electrons. The van der Waals surface area contributed by atoms with E-state index in [1.165, 1.54) is 85.9 Å². The van der Waals surface area contributed by atoms with E-state index in [0.717, 1.165) is 33.1 Å². The Balaban J connectivity index is 1.19. The van der Waals surface area contributed by atoms with Crippen LogP contribution in [-0.2, 0) is 0 Å². The molecule has 53 heavy (non-hydrogen) atoms. The van der Waals surface area contributed by atoms with Crippen LogP contribution in [0.4, 0.5) is 0 Å². The number of benzene rings is 9. The van der Waals surface area contributed by atoms with E-state index in [0.29, 0.717) is 0 Å². The Labute approximate surface area is 307 Å². The molecular formula is C50H28O2S. The average Bonchev–Trinajstić information content (AvgIpc) is 3.91. The second-order valence-electron chi connectivity index (χ2n) is 13.9. The van der Waals surface area contributed by atoms with Crippen LogP contribution in [0.1, 0.15) is 0 Å². The molecule has 12 aromatic rings. The highest BCUT2D eigenvalue weighted by atomic mass is 32.1. The summed E-state index contributed by atoms with van der Waals surface area (Å²) >= 11 is 1.87. The third-order valence-electron chi connectivity index (χ3n) is 11.1. The smallest absolute Gasteiger partial charge is 0.136 e. The van der Waals surface area contributed by atoms with E-state index in [9.17, 15) is 0 Å². The lowest BCUT2D eigenvalue weighted by atomic mass is 9.84. The van der Waals surface area contributed by atoms with E-state index in [1.54, 1.807) is 0 Å². The molecule has 3 aromatic heterocycles. The number of thiophene rings is 1. The van der Waals surface area contributed by atoms with Crippen LogP contribution in [0.25, 0.3) is 119 Å². The Morgan fingerprint density at radius 1 is 0.321 bits per heavy atom. The van der Waals surface area contributed by atoms with Crippen LogP contribution >= 0.6 is 11.3 Å². The fourth-order valence-electron chi connectivity index (χ4n) is 8.82. The van der Waals surface area contributed by atoms with E-state index in [4.69, 9.17) is 8.83 Å². The molecule has 0 amide bonds. The molecule has 0 saturated carbocycles. The van der Waals surface area contributed by atoms with Crippen LogP contribution in [-0.4, -0.2) is 0 Å². The van der Waals surface area contributed by atoms with Crippen molar-refractivity contribution in [3.63, 3.8) is 0 Å². The molecule has 0 spiro atoms. The second kappa shape index (κ2) is 10.9. The Hall–Kier alpha value is -6.68. The minimum Gasteiger partial charge on any atom is -0.456 e. The van der Waals surface area contributed by atoms with Crippen molar-refractivity contribution in [3.05, 3.63) is 170 Å². The summed E-state index contributed by atoms with van der Waals surface area (Å²) in [6, 6.07) is 61.3. The lowest BCUT2D eigenvalue weighted by Crippen LogP contribution is -1.91. The van der Waals surface area contributed by atoms with Crippen molar-refractivity contribution in [1.82, 2.24) is 0 Å². The van der Waals surface area contributed by atoms with E-state index < -0.39 is 0 Å². The van der Waals surface area contributed by atoms with Crippen LogP contribution < -0.4 is 0 Å². The van der Waals surface area contributed by atoms with E-state index in [-0.39, 0.29) is 0 Å². The minimum atomic E-state index is 0.920. The first-order valence-corrected chi connectivity index (χ1v) is 18.8. The van der Waals surface area contributed by atoms with E-state index in [1.807, 2.05) is 23.5 Å². The van der Waals surface area contributed by atoms with Gasteiger partial charge in [-0.1, -0.05) is 133 Å². The van der Waals surface area contributed by atoms with Crippen LogP contribution in [0.3, 0.4) is 0 Å². The van der Waals surface area contributed by atoms with Gasteiger partial charge in [-0.2, -0.15) is 0 Å².